The second-order valence-corrected chi connectivity index (χ2v) is 5.39. The van der Waals surface area contributed by atoms with Gasteiger partial charge >= 0.3 is 0 Å². The van der Waals surface area contributed by atoms with Crippen LogP contribution in [0.5, 0.6) is 0 Å². The van der Waals surface area contributed by atoms with E-state index in [9.17, 15) is 13.9 Å². The zero-order valence-electron chi connectivity index (χ0n) is 10.3. The first kappa shape index (κ1) is 14.2. The third-order valence-corrected chi connectivity index (χ3v) is 3.39. The minimum absolute atomic E-state index is 0.163. The smallest absolute Gasteiger partial charge is 0.131 e. The van der Waals surface area contributed by atoms with E-state index in [-0.39, 0.29) is 17.8 Å². The average molecular weight is 327 g/mol. The first-order valence-electron chi connectivity index (χ1n) is 5.85. The van der Waals surface area contributed by atoms with Crippen LogP contribution in [0.2, 0.25) is 0 Å². The van der Waals surface area contributed by atoms with Gasteiger partial charge in [0.1, 0.15) is 11.6 Å². The van der Waals surface area contributed by atoms with Crippen molar-refractivity contribution in [3.05, 3.63) is 69.2 Å². The van der Waals surface area contributed by atoms with E-state index in [2.05, 4.69) is 15.9 Å². The molecule has 2 aromatic carbocycles. The molecule has 2 rings (SSSR count). The first-order valence-corrected chi connectivity index (χ1v) is 6.64. The van der Waals surface area contributed by atoms with Crippen molar-refractivity contribution in [2.45, 2.75) is 19.4 Å². The molecule has 0 radical (unpaired) electrons. The maximum absolute atomic E-state index is 13.9. The molecule has 1 N–H and O–H groups in total. The normalized spacial score (nSPS) is 12.5. The quantitative estimate of drug-likeness (QED) is 0.891. The Morgan fingerprint density at radius 3 is 2.63 bits per heavy atom. The molecular weight excluding hydrogens is 314 g/mol. The van der Waals surface area contributed by atoms with Crippen molar-refractivity contribution in [3.63, 3.8) is 0 Å². The summed E-state index contributed by atoms with van der Waals surface area (Å²) in [4.78, 5) is 0. The maximum Gasteiger partial charge on any atom is 0.131 e. The number of rotatable bonds is 3. The lowest BCUT2D eigenvalue weighted by Gasteiger charge is -2.13. The first-order chi connectivity index (χ1) is 8.97. The van der Waals surface area contributed by atoms with Crippen molar-refractivity contribution in [1.29, 1.82) is 0 Å². The highest BCUT2D eigenvalue weighted by Crippen LogP contribution is 2.24. The molecule has 19 heavy (non-hydrogen) atoms. The predicted octanol–water partition coefficient (Wildman–Crippen LogP) is 4.31. The van der Waals surface area contributed by atoms with Crippen molar-refractivity contribution >= 4 is 15.9 Å². The van der Waals surface area contributed by atoms with Gasteiger partial charge in [-0.05, 0) is 36.2 Å². The van der Waals surface area contributed by atoms with Crippen molar-refractivity contribution < 1.29 is 13.9 Å². The van der Waals surface area contributed by atoms with Crippen LogP contribution in [0.25, 0.3) is 0 Å². The summed E-state index contributed by atoms with van der Waals surface area (Å²) in [6.07, 6.45) is -0.829. The number of benzene rings is 2. The molecule has 0 aliphatic rings. The Morgan fingerprint density at radius 2 is 1.95 bits per heavy atom. The monoisotopic (exact) mass is 326 g/mol. The Hall–Kier alpha value is -1.26. The summed E-state index contributed by atoms with van der Waals surface area (Å²) in [7, 11) is 0. The van der Waals surface area contributed by atoms with Crippen LogP contribution in [0.3, 0.4) is 0 Å². The fourth-order valence-electron chi connectivity index (χ4n) is 1.99. The zero-order valence-corrected chi connectivity index (χ0v) is 11.9. The minimum Gasteiger partial charge on any atom is -0.388 e. The van der Waals surface area contributed by atoms with E-state index in [0.717, 1.165) is 0 Å². The highest BCUT2D eigenvalue weighted by molar-refractivity contribution is 9.10. The van der Waals surface area contributed by atoms with Crippen LogP contribution in [0.1, 0.15) is 22.8 Å². The highest BCUT2D eigenvalue weighted by Gasteiger charge is 2.15. The molecule has 2 aromatic rings. The van der Waals surface area contributed by atoms with Crippen LogP contribution in [0, 0.1) is 18.6 Å². The zero-order chi connectivity index (χ0) is 14.0. The third-order valence-electron chi connectivity index (χ3n) is 2.93. The van der Waals surface area contributed by atoms with E-state index < -0.39 is 11.9 Å². The van der Waals surface area contributed by atoms with Gasteiger partial charge in [-0.3, -0.25) is 0 Å². The number of hydrogen-bond donors (Lipinski definition) is 1. The lowest BCUT2D eigenvalue weighted by Crippen LogP contribution is -2.05. The fourth-order valence-corrected chi connectivity index (χ4v) is 2.50. The van der Waals surface area contributed by atoms with Crippen LogP contribution >= 0.6 is 15.9 Å². The fraction of sp³-hybridized carbons (Fsp3) is 0.200. The molecule has 1 atom stereocenters. The van der Waals surface area contributed by atoms with E-state index >= 15 is 0 Å². The molecule has 0 aliphatic heterocycles. The minimum atomic E-state index is -0.992. The molecular formula is C15H13BrF2O. The molecule has 0 saturated carbocycles. The second kappa shape index (κ2) is 5.80. The summed E-state index contributed by atoms with van der Waals surface area (Å²) in [5, 5.41) is 10.1. The molecule has 0 spiro atoms. The summed E-state index contributed by atoms with van der Waals surface area (Å²) >= 11 is 3.19. The SMILES string of the molecule is Cc1cccc(C(O)Cc2cc(F)cc(Br)c2)c1F. The predicted molar refractivity (Wildman–Crippen MR) is 73.9 cm³/mol. The molecule has 1 unspecified atom stereocenters. The van der Waals surface area contributed by atoms with Gasteiger partial charge in [-0.15, -0.1) is 0 Å². The van der Waals surface area contributed by atoms with Crippen molar-refractivity contribution in [2.75, 3.05) is 0 Å². The topological polar surface area (TPSA) is 20.2 Å². The summed E-state index contributed by atoms with van der Waals surface area (Å²) in [6.45, 7) is 1.64. The molecule has 0 saturated heterocycles. The summed E-state index contributed by atoms with van der Waals surface area (Å²) < 4.78 is 27.7. The van der Waals surface area contributed by atoms with E-state index in [4.69, 9.17) is 0 Å². The molecule has 1 nitrogen and oxygen atoms in total. The standard InChI is InChI=1S/C15H13BrF2O/c1-9-3-2-4-13(15(9)18)14(19)7-10-5-11(16)8-12(17)6-10/h2-6,8,14,19H,7H2,1H3. The Bertz CT molecular complexity index is 578. The van der Waals surface area contributed by atoms with Crippen molar-refractivity contribution in [3.8, 4) is 0 Å². The average Bonchev–Trinajstić information content (AvgIpc) is 2.31. The Balaban J connectivity index is 2.25. The third kappa shape index (κ3) is 3.39. The Kier molecular flexibility index (Phi) is 4.32. The molecule has 0 fully saturated rings. The van der Waals surface area contributed by atoms with E-state index in [1.807, 2.05) is 0 Å². The molecule has 0 amide bonds. The van der Waals surface area contributed by atoms with Gasteiger partial charge in [0, 0.05) is 16.5 Å². The van der Waals surface area contributed by atoms with Crippen molar-refractivity contribution in [2.24, 2.45) is 0 Å². The van der Waals surface area contributed by atoms with Crippen LogP contribution < -0.4 is 0 Å². The van der Waals surface area contributed by atoms with Gasteiger partial charge in [-0.2, -0.15) is 0 Å². The second-order valence-electron chi connectivity index (χ2n) is 4.48. The Morgan fingerprint density at radius 1 is 1.21 bits per heavy atom. The van der Waals surface area contributed by atoms with Gasteiger partial charge in [0.05, 0.1) is 6.10 Å². The molecule has 0 aliphatic carbocycles. The van der Waals surface area contributed by atoms with Gasteiger partial charge in [-0.1, -0.05) is 34.1 Å². The molecule has 0 aromatic heterocycles. The van der Waals surface area contributed by atoms with Gasteiger partial charge in [0.15, 0.2) is 0 Å². The lowest BCUT2D eigenvalue weighted by molar-refractivity contribution is 0.173. The summed E-state index contributed by atoms with van der Waals surface area (Å²) in [6, 6.07) is 9.26. The van der Waals surface area contributed by atoms with Crippen molar-refractivity contribution in [1.82, 2.24) is 0 Å². The van der Waals surface area contributed by atoms with Gasteiger partial charge in [0.25, 0.3) is 0 Å². The number of aliphatic hydroxyl groups excluding tert-OH is 1. The lowest BCUT2D eigenvalue weighted by atomic mass is 9.99. The maximum atomic E-state index is 13.9. The van der Waals surface area contributed by atoms with Gasteiger partial charge in [-0.25, -0.2) is 8.78 Å². The summed E-state index contributed by atoms with van der Waals surface area (Å²) in [5.74, 6) is -0.799. The van der Waals surface area contributed by atoms with Gasteiger partial charge < -0.3 is 5.11 Å². The number of aryl methyl sites for hydroxylation is 1. The molecule has 0 heterocycles. The van der Waals surface area contributed by atoms with E-state index in [0.29, 0.717) is 15.6 Å². The number of halogens is 3. The largest absolute Gasteiger partial charge is 0.388 e. The van der Waals surface area contributed by atoms with E-state index in [1.165, 1.54) is 12.1 Å². The molecule has 0 bridgehead atoms. The van der Waals surface area contributed by atoms with Crippen LogP contribution in [-0.2, 0) is 6.42 Å². The Labute approximate surface area is 119 Å². The summed E-state index contributed by atoms with van der Waals surface area (Å²) in [5.41, 5.74) is 1.33. The van der Waals surface area contributed by atoms with Gasteiger partial charge in [0.2, 0.25) is 0 Å². The molecule has 100 valence electrons. The van der Waals surface area contributed by atoms with Crippen LogP contribution in [0.15, 0.2) is 40.9 Å². The number of hydrogen-bond acceptors (Lipinski definition) is 1. The molecule has 4 heteroatoms. The van der Waals surface area contributed by atoms with Crippen LogP contribution in [-0.4, -0.2) is 5.11 Å². The highest BCUT2D eigenvalue weighted by atomic mass is 79.9. The van der Waals surface area contributed by atoms with Crippen LogP contribution in [0.4, 0.5) is 8.78 Å². The number of aliphatic hydroxyl groups is 1. The van der Waals surface area contributed by atoms with E-state index in [1.54, 1.807) is 31.2 Å².